The van der Waals surface area contributed by atoms with Gasteiger partial charge in [0.05, 0.1) is 19.3 Å². The maximum atomic E-state index is 5.48. The van der Waals surface area contributed by atoms with Crippen molar-refractivity contribution in [2.24, 2.45) is 4.99 Å². The first kappa shape index (κ1) is 19.5. The van der Waals surface area contributed by atoms with Gasteiger partial charge in [-0.05, 0) is 40.5 Å². The Morgan fingerprint density at radius 3 is 2.60 bits per heavy atom. The highest BCUT2D eigenvalue weighted by Gasteiger charge is 2.21. The van der Waals surface area contributed by atoms with Crippen LogP contribution in [0.1, 0.15) is 43.5 Å². The van der Waals surface area contributed by atoms with Crippen molar-refractivity contribution in [3.05, 3.63) is 23.0 Å². The number of guanidine groups is 1. The molecule has 0 saturated carbocycles. The van der Waals surface area contributed by atoms with E-state index in [1.165, 1.54) is 0 Å². The molecule has 0 spiro atoms. The lowest BCUT2D eigenvalue weighted by atomic mass is 10.0. The SMILES string of the molecule is CN=C(NCc1ncc(C)c(OC)c1C)NC1CCN(C(C)C)CC1. The summed E-state index contributed by atoms with van der Waals surface area (Å²) in [5.41, 5.74) is 3.12. The van der Waals surface area contributed by atoms with Crippen LogP contribution in [0.15, 0.2) is 11.2 Å². The molecule has 6 heteroatoms. The van der Waals surface area contributed by atoms with Crippen molar-refractivity contribution in [2.45, 2.75) is 59.2 Å². The van der Waals surface area contributed by atoms with Crippen LogP contribution in [0, 0.1) is 13.8 Å². The summed E-state index contributed by atoms with van der Waals surface area (Å²) in [6.45, 7) is 11.5. The van der Waals surface area contributed by atoms with Gasteiger partial charge in [-0.2, -0.15) is 0 Å². The van der Waals surface area contributed by atoms with Gasteiger partial charge in [-0.3, -0.25) is 9.98 Å². The van der Waals surface area contributed by atoms with Crippen LogP contribution in [0.5, 0.6) is 5.75 Å². The van der Waals surface area contributed by atoms with Crippen molar-refractivity contribution in [3.8, 4) is 5.75 Å². The molecule has 0 radical (unpaired) electrons. The smallest absolute Gasteiger partial charge is 0.191 e. The van der Waals surface area contributed by atoms with Gasteiger partial charge >= 0.3 is 0 Å². The third-order valence-corrected chi connectivity index (χ3v) is 5.00. The predicted octanol–water partition coefficient (Wildman–Crippen LogP) is 2.24. The Bertz CT molecular complexity index is 592. The highest BCUT2D eigenvalue weighted by molar-refractivity contribution is 5.80. The number of methoxy groups -OCH3 is 1. The summed E-state index contributed by atoms with van der Waals surface area (Å²) < 4.78 is 5.48. The zero-order valence-electron chi connectivity index (χ0n) is 16.5. The molecule has 0 unspecified atom stereocenters. The molecule has 0 aromatic carbocycles. The molecule has 1 aromatic rings. The van der Waals surface area contributed by atoms with Gasteiger partial charge in [0.15, 0.2) is 5.96 Å². The molecule has 1 aromatic heterocycles. The minimum absolute atomic E-state index is 0.475. The molecule has 1 aliphatic rings. The van der Waals surface area contributed by atoms with Crippen molar-refractivity contribution in [3.63, 3.8) is 0 Å². The van der Waals surface area contributed by atoms with Gasteiger partial charge in [-0.15, -0.1) is 0 Å². The largest absolute Gasteiger partial charge is 0.496 e. The molecule has 0 aliphatic carbocycles. The van der Waals surface area contributed by atoms with E-state index in [9.17, 15) is 0 Å². The number of aryl methyl sites for hydroxylation is 1. The fourth-order valence-electron chi connectivity index (χ4n) is 3.36. The standard InChI is InChI=1S/C19H33N5O/c1-13(2)24-9-7-16(8-10-24)23-19(20-5)22-12-17-15(4)18(25-6)14(3)11-21-17/h11,13,16H,7-10,12H2,1-6H3,(H2,20,22,23). The van der Waals surface area contributed by atoms with Crippen LogP contribution in [-0.2, 0) is 6.54 Å². The summed E-state index contributed by atoms with van der Waals surface area (Å²) >= 11 is 0. The topological polar surface area (TPSA) is 61.8 Å². The number of pyridine rings is 1. The van der Waals surface area contributed by atoms with Gasteiger partial charge in [0.2, 0.25) is 0 Å². The number of nitrogens with zero attached hydrogens (tertiary/aromatic N) is 3. The van der Waals surface area contributed by atoms with Gasteiger partial charge in [0.25, 0.3) is 0 Å². The molecule has 1 fully saturated rings. The lowest BCUT2D eigenvalue weighted by molar-refractivity contribution is 0.167. The van der Waals surface area contributed by atoms with Crippen LogP contribution < -0.4 is 15.4 Å². The molecule has 25 heavy (non-hydrogen) atoms. The van der Waals surface area contributed by atoms with E-state index in [2.05, 4.69) is 39.4 Å². The second-order valence-electron chi connectivity index (χ2n) is 7.02. The molecule has 2 N–H and O–H groups in total. The van der Waals surface area contributed by atoms with Crippen molar-refractivity contribution >= 4 is 5.96 Å². The zero-order chi connectivity index (χ0) is 18.4. The third-order valence-electron chi connectivity index (χ3n) is 5.00. The summed E-state index contributed by atoms with van der Waals surface area (Å²) in [5, 5.41) is 6.93. The number of likely N-dealkylation sites (tertiary alicyclic amines) is 1. The Morgan fingerprint density at radius 2 is 2.04 bits per heavy atom. The van der Waals surface area contributed by atoms with Crippen molar-refractivity contribution in [2.75, 3.05) is 27.2 Å². The minimum atomic E-state index is 0.475. The first-order valence-electron chi connectivity index (χ1n) is 9.16. The molecule has 2 heterocycles. The zero-order valence-corrected chi connectivity index (χ0v) is 16.5. The molecule has 1 saturated heterocycles. The predicted molar refractivity (Wildman–Crippen MR) is 103 cm³/mol. The molecule has 2 rings (SSSR count). The van der Waals surface area contributed by atoms with Crippen LogP contribution in [-0.4, -0.2) is 55.2 Å². The van der Waals surface area contributed by atoms with Crippen LogP contribution in [0.2, 0.25) is 0 Å². The lowest BCUT2D eigenvalue weighted by Gasteiger charge is -2.35. The minimum Gasteiger partial charge on any atom is -0.496 e. The Labute approximate surface area is 152 Å². The van der Waals surface area contributed by atoms with E-state index < -0.39 is 0 Å². The monoisotopic (exact) mass is 347 g/mol. The van der Waals surface area contributed by atoms with Gasteiger partial charge in [-0.1, -0.05) is 0 Å². The quantitative estimate of drug-likeness (QED) is 0.632. The number of aromatic nitrogens is 1. The molecular formula is C19H33N5O. The maximum absolute atomic E-state index is 5.48. The Kier molecular flexibility index (Phi) is 7.05. The summed E-state index contributed by atoms with van der Waals surface area (Å²) in [6.07, 6.45) is 4.16. The van der Waals surface area contributed by atoms with Crippen LogP contribution in [0.3, 0.4) is 0 Å². The number of nitrogens with one attached hydrogen (secondary N) is 2. The van der Waals surface area contributed by atoms with E-state index in [1.54, 1.807) is 7.11 Å². The van der Waals surface area contributed by atoms with E-state index in [4.69, 9.17) is 4.74 Å². The first-order chi connectivity index (χ1) is 12.0. The molecule has 6 nitrogen and oxygen atoms in total. The van der Waals surface area contributed by atoms with E-state index in [-0.39, 0.29) is 0 Å². The Morgan fingerprint density at radius 1 is 1.36 bits per heavy atom. The van der Waals surface area contributed by atoms with Gasteiger partial charge < -0.3 is 20.3 Å². The van der Waals surface area contributed by atoms with Crippen LogP contribution >= 0.6 is 0 Å². The highest BCUT2D eigenvalue weighted by Crippen LogP contribution is 2.23. The molecule has 0 amide bonds. The van der Waals surface area contributed by atoms with Crippen LogP contribution in [0.4, 0.5) is 0 Å². The fourth-order valence-corrected chi connectivity index (χ4v) is 3.36. The fraction of sp³-hybridized carbons (Fsp3) is 0.684. The molecule has 0 bridgehead atoms. The lowest BCUT2D eigenvalue weighted by Crippen LogP contribution is -2.49. The van der Waals surface area contributed by atoms with Gasteiger partial charge in [-0.25, -0.2) is 0 Å². The van der Waals surface area contributed by atoms with Crippen LogP contribution in [0.25, 0.3) is 0 Å². The average molecular weight is 348 g/mol. The van der Waals surface area contributed by atoms with E-state index in [1.807, 2.05) is 27.1 Å². The molecule has 140 valence electrons. The number of rotatable bonds is 5. The summed E-state index contributed by atoms with van der Waals surface area (Å²) in [6, 6.07) is 1.10. The Balaban J connectivity index is 1.89. The van der Waals surface area contributed by atoms with Crippen molar-refractivity contribution < 1.29 is 4.74 Å². The molecule has 1 aliphatic heterocycles. The van der Waals surface area contributed by atoms with Gasteiger partial charge in [0.1, 0.15) is 5.75 Å². The molecule has 0 atom stereocenters. The van der Waals surface area contributed by atoms with E-state index in [0.29, 0.717) is 18.6 Å². The number of hydrogen-bond donors (Lipinski definition) is 2. The second kappa shape index (κ2) is 9.04. The molecular weight excluding hydrogens is 314 g/mol. The van der Waals surface area contributed by atoms with Crippen molar-refractivity contribution in [1.29, 1.82) is 0 Å². The maximum Gasteiger partial charge on any atom is 0.191 e. The van der Waals surface area contributed by atoms with E-state index in [0.717, 1.165) is 54.5 Å². The summed E-state index contributed by atoms with van der Waals surface area (Å²) in [7, 11) is 3.52. The van der Waals surface area contributed by atoms with Gasteiger partial charge in [0, 0.05) is 49.5 Å². The number of aliphatic imine (C=N–C) groups is 1. The number of piperidine rings is 1. The third kappa shape index (κ3) is 5.08. The summed E-state index contributed by atoms with van der Waals surface area (Å²) in [5.74, 6) is 1.75. The normalized spacial score (nSPS) is 17.0. The first-order valence-corrected chi connectivity index (χ1v) is 9.16. The second-order valence-corrected chi connectivity index (χ2v) is 7.02. The average Bonchev–Trinajstić information content (AvgIpc) is 2.60. The van der Waals surface area contributed by atoms with Crippen molar-refractivity contribution in [1.82, 2.24) is 20.5 Å². The number of ether oxygens (including phenoxy) is 1. The Hall–Kier alpha value is -1.82. The van der Waals surface area contributed by atoms with E-state index >= 15 is 0 Å². The summed E-state index contributed by atoms with van der Waals surface area (Å²) in [4.78, 5) is 11.4. The highest BCUT2D eigenvalue weighted by atomic mass is 16.5. The number of hydrogen-bond acceptors (Lipinski definition) is 4.